The van der Waals surface area contributed by atoms with Gasteiger partial charge in [-0.25, -0.2) is 9.79 Å². The van der Waals surface area contributed by atoms with Gasteiger partial charge in [0.25, 0.3) is 0 Å². The minimum Gasteiger partial charge on any atom is -0.465 e. The first kappa shape index (κ1) is 18.7. The Morgan fingerprint density at radius 2 is 1.76 bits per heavy atom. The summed E-state index contributed by atoms with van der Waals surface area (Å²) in [6.07, 6.45) is 5.29. The summed E-state index contributed by atoms with van der Waals surface area (Å²) in [6.45, 7) is 2.20. The van der Waals surface area contributed by atoms with Gasteiger partial charge in [-0.15, -0.1) is 0 Å². The molecule has 2 rings (SSSR count). The third kappa shape index (κ3) is 6.06. The van der Waals surface area contributed by atoms with Crippen LogP contribution in [-0.4, -0.2) is 18.9 Å². The first-order valence-corrected chi connectivity index (χ1v) is 8.77. The molecule has 3 nitrogen and oxygen atoms in total. The van der Waals surface area contributed by atoms with Crippen molar-refractivity contribution in [1.82, 2.24) is 0 Å². The maximum Gasteiger partial charge on any atom is 0.340 e. The van der Waals surface area contributed by atoms with E-state index in [2.05, 4.69) is 29.9 Å². The van der Waals surface area contributed by atoms with Crippen molar-refractivity contribution in [3.8, 4) is 0 Å². The summed E-state index contributed by atoms with van der Waals surface area (Å²) >= 11 is 0. The van der Waals surface area contributed by atoms with Gasteiger partial charge in [-0.2, -0.15) is 0 Å². The first-order chi connectivity index (χ1) is 12.2. The summed E-state index contributed by atoms with van der Waals surface area (Å²) in [5, 5.41) is 0. The minimum atomic E-state index is -0.378. The van der Waals surface area contributed by atoms with Crippen LogP contribution in [0.1, 0.15) is 48.5 Å². The van der Waals surface area contributed by atoms with Crippen LogP contribution in [0.4, 0.5) is 5.69 Å². The van der Waals surface area contributed by atoms with Crippen molar-refractivity contribution in [1.29, 1.82) is 0 Å². The molecule has 0 saturated carbocycles. The van der Waals surface area contributed by atoms with Crippen LogP contribution in [0.3, 0.4) is 0 Å². The Labute approximate surface area is 150 Å². The zero-order chi connectivity index (χ0) is 17.9. The smallest absolute Gasteiger partial charge is 0.340 e. The number of methoxy groups -OCH3 is 1. The number of hydrogen-bond acceptors (Lipinski definition) is 3. The molecule has 0 bridgehead atoms. The lowest BCUT2D eigenvalue weighted by Crippen LogP contribution is -2.01. The largest absolute Gasteiger partial charge is 0.465 e. The number of para-hydroxylation sites is 1. The average Bonchev–Trinajstić information content (AvgIpc) is 2.66. The van der Waals surface area contributed by atoms with Gasteiger partial charge in [0.05, 0.1) is 18.4 Å². The molecule has 130 valence electrons. The van der Waals surface area contributed by atoms with E-state index in [1.807, 2.05) is 30.3 Å². The molecule has 25 heavy (non-hydrogen) atoms. The molecule has 0 radical (unpaired) electrons. The molecule has 0 aliphatic carbocycles. The number of unbranched alkanes of at least 4 members (excludes halogenated alkanes) is 2. The number of carbonyl (C=O) groups excluding carboxylic acids is 1. The fourth-order valence-electron chi connectivity index (χ4n) is 2.61. The molecule has 0 aliphatic heterocycles. The van der Waals surface area contributed by atoms with E-state index in [4.69, 9.17) is 4.74 Å². The molecule has 0 atom stereocenters. The first-order valence-electron chi connectivity index (χ1n) is 8.77. The molecule has 2 aromatic carbocycles. The van der Waals surface area contributed by atoms with Crippen LogP contribution in [0.2, 0.25) is 0 Å². The third-order valence-electron chi connectivity index (χ3n) is 3.99. The van der Waals surface area contributed by atoms with Gasteiger partial charge < -0.3 is 4.74 Å². The lowest BCUT2D eigenvalue weighted by Gasteiger charge is -2.05. The monoisotopic (exact) mass is 335 g/mol. The number of aliphatic imine (C=N–C) groups is 1. The Bertz CT molecular complexity index is 744. The Balaban J connectivity index is 2.29. The second-order valence-corrected chi connectivity index (χ2v) is 5.96. The van der Waals surface area contributed by atoms with Crippen molar-refractivity contribution in [2.45, 2.75) is 39.0 Å². The van der Waals surface area contributed by atoms with Gasteiger partial charge in [0.2, 0.25) is 0 Å². The maximum atomic E-state index is 11.9. The molecule has 0 heterocycles. The number of esters is 1. The summed E-state index contributed by atoms with van der Waals surface area (Å²) in [4.78, 5) is 16.3. The Kier molecular flexibility index (Phi) is 7.68. The van der Waals surface area contributed by atoms with E-state index in [-0.39, 0.29) is 5.97 Å². The average molecular weight is 335 g/mol. The quantitative estimate of drug-likeness (QED) is 0.362. The Morgan fingerprint density at radius 3 is 2.48 bits per heavy atom. The van der Waals surface area contributed by atoms with Crippen molar-refractivity contribution < 1.29 is 9.53 Å². The van der Waals surface area contributed by atoms with Gasteiger partial charge in [-0.05, 0) is 42.0 Å². The molecular formula is C22H25NO2. The van der Waals surface area contributed by atoms with E-state index in [9.17, 15) is 4.79 Å². The van der Waals surface area contributed by atoms with Crippen molar-refractivity contribution in [3.05, 3.63) is 71.3 Å². The third-order valence-corrected chi connectivity index (χ3v) is 3.99. The number of nitrogens with zero attached hydrogens (tertiary/aromatic N) is 1. The number of ether oxygens (including phenoxy) is 1. The van der Waals surface area contributed by atoms with Crippen LogP contribution < -0.4 is 0 Å². The van der Waals surface area contributed by atoms with Gasteiger partial charge >= 0.3 is 5.97 Å². The van der Waals surface area contributed by atoms with E-state index in [1.165, 1.54) is 25.5 Å². The van der Waals surface area contributed by atoms with Crippen LogP contribution in [-0.2, 0) is 11.2 Å². The van der Waals surface area contributed by atoms with E-state index in [1.54, 1.807) is 12.1 Å². The van der Waals surface area contributed by atoms with Crippen LogP contribution in [0.15, 0.2) is 65.2 Å². The molecule has 0 aromatic heterocycles. The van der Waals surface area contributed by atoms with Crippen LogP contribution in [0, 0.1) is 0 Å². The summed E-state index contributed by atoms with van der Waals surface area (Å²) in [5.74, 6) is 2.82. The molecular weight excluding hydrogens is 310 g/mol. The highest BCUT2D eigenvalue weighted by Gasteiger charge is 2.09. The van der Waals surface area contributed by atoms with Crippen molar-refractivity contribution >= 4 is 17.5 Å². The normalized spacial score (nSPS) is 10.0. The standard InChI is InChI=1S/C22H25NO2/c1-3-4-6-13-19(16-18-11-7-5-8-12-18)17-23-21-15-10-9-14-20(21)22(24)25-2/h5,7-12,14-15H,3-4,6,13,16H2,1-2H3. The molecule has 0 aliphatic rings. The van der Waals surface area contributed by atoms with E-state index in [0.717, 1.165) is 24.8 Å². The maximum absolute atomic E-state index is 11.9. The molecule has 2 aromatic rings. The Morgan fingerprint density at radius 1 is 1.04 bits per heavy atom. The van der Waals surface area contributed by atoms with E-state index in [0.29, 0.717) is 11.3 Å². The SMILES string of the molecule is CCCCCC(=C=Nc1ccccc1C(=O)OC)Cc1ccccc1. The summed E-state index contributed by atoms with van der Waals surface area (Å²) < 4.78 is 4.83. The van der Waals surface area contributed by atoms with Gasteiger partial charge in [0.15, 0.2) is 0 Å². The topological polar surface area (TPSA) is 38.7 Å². The second-order valence-electron chi connectivity index (χ2n) is 5.96. The number of carbonyl (C=O) groups is 1. The highest BCUT2D eigenvalue weighted by Crippen LogP contribution is 2.20. The molecule has 0 saturated heterocycles. The highest BCUT2D eigenvalue weighted by atomic mass is 16.5. The molecule has 0 spiro atoms. The van der Waals surface area contributed by atoms with Crippen LogP contribution in [0.25, 0.3) is 0 Å². The predicted octanol–water partition coefficient (Wildman–Crippen LogP) is 5.52. The molecule has 0 unspecified atom stereocenters. The summed E-state index contributed by atoms with van der Waals surface area (Å²) in [5.41, 5.74) is 3.46. The molecule has 3 heteroatoms. The molecule has 0 amide bonds. The van der Waals surface area contributed by atoms with E-state index < -0.39 is 0 Å². The number of hydrogen-bond donors (Lipinski definition) is 0. The fourth-order valence-corrected chi connectivity index (χ4v) is 2.61. The number of allylic oxidation sites excluding steroid dienone is 1. The summed E-state index contributed by atoms with van der Waals surface area (Å²) in [7, 11) is 1.38. The number of benzene rings is 2. The van der Waals surface area contributed by atoms with Crippen LogP contribution in [0.5, 0.6) is 0 Å². The zero-order valence-electron chi connectivity index (χ0n) is 15.0. The predicted molar refractivity (Wildman–Crippen MR) is 103 cm³/mol. The van der Waals surface area contributed by atoms with Gasteiger partial charge in [0, 0.05) is 6.42 Å². The lowest BCUT2D eigenvalue weighted by atomic mass is 10.0. The van der Waals surface area contributed by atoms with Gasteiger partial charge in [-0.1, -0.05) is 62.2 Å². The van der Waals surface area contributed by atoms with Crippen molar-refractivity contribution in [2.75, 3.05) is 7.11 Å². The Hall–Kier alpha value is -2.64. The van der Waals surface area contributed by atoms with Crippen molar-refractivity contribution in [2.24, 2.45) is 4.99 Å². The second kappa shape index (κ2) is 10.3. The van der Waals surface area contributed by atoms with Gasteiger partial charge in [0.1, 0.15) is 0 Å². The van der Waals surface area contributed by atoms with Gasteiger partial charge in [-0.3, -0.25) is 0 Å². The zero-order valence-corrected chi connectivity index (χ0v) is 15.0. The summed E-state index contributed by atoms with van der Waals surface area (Å²) in [6, 6.07) is 17.5. The fraction of sp³-hybridized carbons (Fsp3) is 0.318. The minimum absolute atomic E-state index is 0.378. The van der Waals surface area contributed by atoms with Crippen molar-refractivity contribution in [3.63, 3.8) is 0 Å². The molecule has 0 N–H and O–H groups in total. The van der Waals surface area contributed by atoms with Crippen LogP contribution >= 0.6 is 0 Å². The van der Waals surface area contributed by atoms with E-state index >= 15 is 0 Å². The number of rotatable bonds is 8. The highest BCUT2D eigenvalue weighted by molar-refractivity contribution is 5.95. The lowest BCUT2D eigenvalue weighted by molar-refractivity contribution is 0.0601. The molecule has 0 fully saturated rings.